The van der Waals surface area contributed by atoms with Gasteiger partial charge in [0.2, 0.25) is 11.8 Å². The Morgan fingerprint density at radius 1 is 1.12 bits per heavy atom. The van der Waals surface area contributed by atoms with Gasteiger partial charge in [-0.3, -0.25) is 9.59 Å². The van der Waals surface area contributed by atoms with Gasteiger partial charge < -0.3 is 19.9 Å². The highest BCUT2D eigenvalue weighted by molar-refractivity contribution is 5.79. The Balaban J connectivity index is 1.54. The van der Waals surface area contributed by atoms with Crippen LogP contribution in [0.15, 0.2) is 0 Å². The summed E-state index contributed by atoms with van der Waals surface area (Å²) < 4.78 is 5.55. The lowest BCUT2D eigenvalue weighted by atomic mass is 9.79. The molecule has 0 atom stereocenters. The fraction of sp³-hybridized carbons (Fsp3) is 0.895. The molecule has 2 saturated heterocycles. The molecule has 0 aromatic heterocycles. The van der Waals surface area contributed by atoms with Gasteiger partial charge in [-0.1, -0.05) is 6.42 Å². The van der Waals surface area contributed by atoms with E-state index >= 15 is 0 Å². The van der Waals surface area contributed by atoms with Crippen molar-refractivity contribution in [3.63, 3.8) is 0 Å². The highest BCUT2D eigenvalue weighted by atomic mass is 16.5. The lowest BCUT2D eigenvalue weighted by Gasteiger charge is -2.45. The smallest absolute Gasteiger partial charge is 0.223 e. The standard InChI is InChI=1S/C19H33N3O3/c1-16(23)21-9-5-17(6-10-21)18(24)20-15-19(7-3-2-4-8-19)22-11-13-25-14-12-22/h17H,2-15H2,1H3,(H,20,24)/p+1. The SMILES string of the molecule is CC(=O)N1CCC(C(=O)NCC2([NH+]3CCOCC3)CCCCC2)CC1. The van der Waals surface area contributed by atoms with E-state index in [0.29, 0.717) is 13.1 Å². The number of carbonyl (C=O) groups is 2. The van der Waals surface area contributed by atoms with Crippen molar-refractivity contribution in [2.24, 2.45) is 5.92 Å². The number of nitrogens with one attached hydrogen (secondary N) is 2. The Morgan fingerprint density at radius 2 is 1.76 bits per heavy atom. The van der Waals surface area contributed by atoms with Crippen molar-refractivity contribution in [2.75, 3.05) is 45.9 Å². The van der Waals surface area contributed by atoms with Gasteiger partial charge in [-0.25, -0.2) is 0 Å². The van der Waals surface area contributed by atoms with Crippen LogP contribution < -0.4 is 10.2 Å². The summed E-state index contributed by atoms with van der Waals surface area (Å²) >= 11 is 0. The van der Waals surface area contributed by atoms with Crippen LogP contribution in [0.1, 0.15) is 51.9 Å². The average molecular weight is 352 g/mol. The van der Waals surface area contributed by atoms with E-state index in [1.54, 1.807) is 11.8 Å². The highest BCUT2D eigenvalue weighted by Gasteiger charge is 2.43. The zero-order valence-electron chi connectivity index (χ0n) is 15.6. The number of quaternary nitrogens is 1. The number of hydrogen-bond acceptors (Lipinski definition) is 3. The van der Waals surface area contributed by atoms with Crippen LogP contribution in [-0.4, -0.2) is 68.2 Å². The van der Waals surface area contributed by atoms with Crippen LogP contribution in [-0.2, 0) is 14.3 Å². The Kier molecular flexibility index (Phi) is 6.34. The first kappa shape index (κ1) is 18.6. The number of piperidine rings is 1. The number of rotatable bonds is 4. The average Bonchev–Trinajstić information content (AvgIpc) is 2.67. The normalized spacial score (nSPS) is 25.6. The summed E-state index contributed by atoms with van der Waals surface area (Å²) in [6.45, 7) is 7.65. The molecule has 25 heavy (non-hydrogen) atoms. The van der Waals surface area contributed by atoms with E-state index in [2.05, 4.69) is 5.32 Å². The van der Waals surface area contributed by atoms with Crippen molar-refractivity contribution < 1.29 is 19.2 Å². The Hall–Kier alpha value is -1.14. The molecule has 1 saturated carbocycles. The van der Waals surface area contributed by atoms with Gasteiger partial charge in [-0.05, 0) is 25.7 Å². The zero-order chi connectivity index (χ0) is 17.7. The van der Waals surface area contributed by atoms with Gasteiger partial charge in [0.05, 0.1) is 19.8 Å². The summed E-state index contributed by atoms with van der Waals surface area (Å²) in [6.07, 6.45) is 7.89. The second-order valence-electron chi connectivity index (χ2n) is 8.06. The number of carbonyl (C=O) groups excluding carboxylic acids is 2. The van der Waals surface area contributed by atoms with Crippen LogP contribution in [0.4, 0.5) is 0 Å². The van der Waals surface area contributed by atoms with Gasteiger partial charge in [0.1, 0.15) is 18.6 Å². The third-order valence-electron chi connectivity index (χ3n) is 6.57. The van der Waals surface area contributed by atoms with Gasteiger partial charge in [-0.15, -0.1) is 0 Å². The van der Waals surface area contributed by atoms with Crippen LogP contribution in [0.2, 0.25) is 0 Å². The lowest BCUT2D eigenvalue weighted by Crippen LogP contribution is -3.23. The summed E-state index contributed by atoms with van der Waals surface area (Å²) in [4.78, 5) is 27.6. The van der Waals surface area contributed by atoms with Gasteiger partial charge in [0.15, 0.2) is 0 Å². The molecule has 2 heterocycles. The van der Waals surface area contributed by atoms with Crippen LogP contribution in [0.25, 0.3) is 0 Å². The maximum atomic E-state index is 12.7. The van der Waals surface area contributed by atoms with Gasteiger partial charge in [0, 0.05) is 38.8 Å². The molecule has 2 aliphatic heterocycles. The van der Waals surface area contributed by atoms with E-state index in [0.717, 1.165) is 45.7 Å². The third-order valence-corrected chi connectivity index (χ3v) is 6.57. The maximum absolute atomic E-state index is 12.7. The molecule has 6 nitrogen and oxygen atoms in total. The number of morpholine rings is 1. The van der Waals surface area contributed by atoms with Gasteiger partial charge in [0.25, 0.3) is 0 Å². The van der Waals surface area contributed by atoms with E-state index in [9.17, 15) is 9.59 Å². The molecule has 142 valence electrons. The molecule has 2 N–H and O–H groups in total. The van der Waals surface area contributed by atoms with Crippen molar-refractivity contribution in [3.8, 4) is 0 Å². The fourth-order valence-corrected chi connectivity index (χ4v) is 4.89. The minimum atomic E-state index is 0.0657. The molecule has 2 amide bonds. The van der Waals surface area contributed by atoms with Crippen molar-refractivity contribution in [2.45, 2.75) is 57.4 Å². The Morgan fingerprint density at radius 3 is 2.36 bits per heavy atom. The van der Waals surface area contributed by atoms with Crippen molar-refractivity contribution in [3.05, 3.63) is 0 Å². The van der Waals surface area contributed by atoms with Gasteiger partial charge >= 0.3 is 0 Å². The Labute approximate surface area is 151 Å². The van der Waals surface area contributed by atoms with Crippen LogP contribution in [0, 0.1) is 5.92 Å². The zero-order valence-corrected chi connectivity index (χ0v) is 15.6. The molecule has 3 aliphatic rings. The van der Waals surface area contributed by atoms with Crippen LogP contribution >= 0.6 is 0 Å². The van der Waals surface area contributed by atoms with E-state index in [-0.39, 0.29) is 23.3 Å². The minimum absolute atomic E-state index is 0.0657. The molecule has 0 bridgehead atoms. The van der Waals surface area contributed by atoms with E-state index in [1.807, 2.05) is 4.90 Å². The number of likely N-dealkylation sites (tertiary alicyclic amines) is 1. The molecule has 0 radical (unpaired) electrons. The molecule has 0 aromatic rings. The quantitative estimate of drug-likeness (QED) is 0.747. The second-order valence-corrected chi connectivity index (χ2v) is 8.06. The number of hydrogen-bond donors (Lipinski definition) is 2. The Bertz CT molecular complexity index is 463. The van der Waals surface area contributed by atoms with E-state index in [4.69, 9.17) is 4.74 Å². The molecule has 0 spiro atoms. The monoisotopic (exact) mass is 352 g/mol. The van der Waals surface area contributed by atoms with Gasteiger partial charge in [-0.2, -0.15) is 0 Å². The topological polar surface area (TPSA) is 63.1 Å². The van der Waals surface area contributed by atoms with Crippen molar-refractivity contribution in [1.29, 1.82) is 0 Å². The molecule has 6 heteroatoms. The summed E-state index contributed by atoms with van der Waals surface area (Å²) in [5.74, 6) is 0.382. The summed E-state index contributed by atoms with van der Waals surface area (Å²) in [5.41, 5.74) is 0.206. The maximum Gasteiger partial charge on any atom is 0.223 e. The predicted molar refractivity (Wildman–Crippen MR) is 95.3 cm³/mol. The fourth-order valence-electron chi connectivity index (χ4n) is 4.89. The second kappa shape index (κ2) is 8.49. The number of nitrogens with zero attached hydrogens (tertiary/aromatic N) is 1. The first-order chi connectivity index (χ1) is 12.1. The summed E-state index contributed by atoms with van der Waals surface area (Å²) in [6, 6.07) is 0. The lowest BCUT2D eigenvalue weighted by molar-refractivity contribution is -0.960. The minimum Gasteiger partial charge on any atom is -0.370 e. The van der Waals surface area contributed by atoms with Crippen molar-refractivity contribution >= 4 is 11.8 Å². The molecule has 0 unspecified atom stereocenters. The third kappa shape index (κ3) is 4.53. The molecule has 1 aliphatic carbocycles. The summed E-state index contributed by atoms with van der Waals surface area (Å²) in [7, 11) is 0. The number of ether oxygens (including phenoxy) is 1. The molecule has 3 fully saturated rings. The molecular weight excluding hydrogens is 318 g/mol. The largest absolute Gasteiger partial charge is 0.370 e. The summed E-state index contributed by atoms with van der Waals surface area (Å²) in [5, 5.41) is 3.30. The van der Waals surface area contributed by atoms with Crippen molar-refractivity contribution in [1.82, 2.24) is 10.2 Å². The first-order valence-electron chi connectivity index (χ1n) is 10.1. The molecular formula is C19H34N3O3+. The van der Waals surface area contributed by atoms with E-state index in [1.165, 1.54) is 32.1 Å². The highest BCUT2D eigenvalue weighted by Crippen LogP contribution is 2.26. The molecule has 3 rings (SSSR count). The molecule has 0 aromatic carbocycles. The van der Waals surface area contributed by atoms with Crippen LogP contribution in [0.5, 0.6) is 0 Å². The van der Waals surface area contributed by atoms with E-state index < -0.39 is 0 Å². The predicted octanol–water partition coefficient (Wildman–Crippen LogP) is -0.0209. The number of amides is 2. The van der Waals surface area contributed by atoms with Crippen LogP contribution in [0.3, 0.4) is 0 Å². The first-order valence-corrected chi connectivity index (χ1v) is 10.1.